The van der Waals surface area contributed by atoms with Crippen molar-refractivity contribution in [2.45, 2.75) is 18.9 Å². The van der Waals surface area contributed by atoms with Crippen LogP contribution in [0.2, 0.25) is 0 Å². The lowest BCUT2D eigenvalue weighted by molar-refractivity contribution is 0.355. The highest BCUT2D eigenvalue weighted by molar-refractivity contribution is 7.80. The number of hydrazone groups is 1. The average Bonchev–Trinajstić information content (AvgIpc) is 3.22. The van der Waals surface area contributed by atoms with Gasteiger partial charge in [0.25, 0.3) is 0 Å². The van der Waals surface area contributed by atoms with E-state index in [0.29, 0.717) is 16.6 Å². The molecule has 5 nitrogen and oxygen atoms in total. The van der Waals surface area contributed by atoms with Gasteiger partial charge in [-0.05, 0) is 42.4 Å². The van der Waals surface area contributed by atoms with E-state index in [1.165, 1.54) is 5.57 Å². The highest BCUT2D eigenvalue weighted by Crippen LogP contribution is 2.32. The zero-order valence-electron chi connectivity index (χ0n) is 13.2. The minimum absolute atomic E-state index is 0.0885. The Morgan fingerprint density at radius 1 is 1.30 bits per heavy atom. The number of hydrogen-bond donors (Lipinski definition) is 1. The van der Waals surface area contributed by atoms with Crippen molar-refractivity contribution < 1.29 is 9.47 Å². The molecule has 0 amide bonds. The van der Waals surface area contributed by atoms with Crippen LogP contribution in [0, 0.1) is 0 Å². The van der Waals surface area contributed by atoms with Crippen molar-refractivity contribution in [3.05, 3.63) is 47.6 Å². The monoisotopic (exact) mass is 329 g/mol. The topological polar surface area (TPSA) is 60.1 Å². The van der Waals surface area contributed by atoms with Crippen LogP contribution in [0.3, 0.4) is 0 Å². The van der Waals surface area contributed by atoms with Crippen LogP contribution in [0.1, 0.15) is 18.4 Å². The summed E-state index contributed by atoms with van der Waals surface area (Å²) < 4.78 is 10.7. The molecule has 1 aromatic rings. The molecular formula is C17H19N3O2S. The number of nitrogens with two attached hydrogens (primary N) is 1. The standard InChI is InChI=1S/C17H19N3O2S/c1-21-15-8-7-12(9-16(15)22-2)13-10-14(11-5-3-4-6-11)20(19-13)17(18)23/h3-5,7-9,14H,6,10H2,1-2H3,(H2,18,23). The summed E-state index contributed by atoms with van der Waals surface area (Å²) in [7, 11) is 3.24. The Kier molecular flexibility index (Phi) is 4.34. The van der Waals surface area contributed by atoms with Gasteiger partial charge in [-0.3, -0.25) is 0 Å². The summed E-state index contributed by atoms with van der Waals surface area (Å²) in [6.45, 7) is 0. The molecule has 0 saturated carbocycles. The molecule has 0 spiro atoms. The lowest BCUT2D eigenvalue weighted by Gasteiger charge is -2.22. The molecule has 3 rings (SSSR count). The normalized spacial score (nSPS) is 19.6. The maximum Gasteiger partial charge on any atom is 0.187 e. The van der Waals surface area contributed by atoms with E-state index < -0.39 is 0 Å². The molecule has 6 heteroatoms. The van der Waals surface area contributed by atoms with Crippen LogP contribution in [0.25, 0.3) is 0 Å². The maximum atomic E-state index is 5.86. The van der Waals surface area contributed by atoms with Crippen LogP contribution in [0.5, 0.6) is 11.5 Å². The van der Waals surface area contributed by atoms with E-state index in [0.717, 1.165) is 24.1 Å². The third-order valence-corrected chi connectivity index (χ3v) is 4.27. The van der Waals surface area contributed by atoms with Gasteiger partial charge >= 0.3 is 0 Å². The summed E-state index contributed by atoms with van der Waals surface area (Å²) in [5.74, 6) is 1.38. The largest absolute Gasteiger partial charge is 0.493 e. The summed E-state index contributed by atoms with van der Waals surface area (Å²) in [4.78, 5) is 0. The lowest BCUT2D eigenvalue weighted by atomic mass is 9.97. The number of hydrogen-bond acceptors (Lipinski definition) is 4. The summed E-state index contributed by atoms with van der Waals surface area (Å²) >= 11 is 5.16. The van der Waals surface area contributed by atoms with Crippen LogP contribution < -0.4 is 15.2 Å². The molecule has 0 radical (unpaired) electrons. The molecule has 1 aromatic carbocycles. The highest BCUT2D eigenvalue weighted by Gasteiger charge is 2.32. The van der Waals surface area contributed by atoms with Crippen LogP contribution >= 0.6 is 12.2 Å². The van der Waals surface area contributed by atoms with Crippen molar-refractivity contribution in [3.63, 3.8) is 0 Å². The lowest BCUT2D eigenvalue weighted by Crippen LogP contribution is -2.37. The van der Waals surface area contributed by atoms with E-state index in [1.807, 2.05) is 18.2 Å². The average molecular weight is 329 g/mol. The van der Waals surface area contributed by atoms with Gasteiger partial charge < -0.3 is 15.2 Å². The van der Waals surface area contributed by atoms with E-state index >= 15 is 0 Å². The van der Waals surface area contributed by atoms with Gasteiger partial charge in [-0.25, -0.2) is 5.01 Å². The van der Waals surface area contributed by atoms with Gasteiger partial charge in [0.2, 0.25) is 0 Å². The van der Waals surface area contributed by atoms with E-state index in [9.17, 15) is 0 Å². The smallest absolute Gasteiger partial charge is 0.187 e. The van der Waals surface area contributed by atoms with E-state index in [4.69, 9.17) is 27.4 Å². The van der Waals surface area contributed by atoms with Crippen LogP contribution in [0.4, 0.5) is 0 Å². The number of ether oxygens (including phenoxy) is 2. The van der Waals surface area contributed by atoms with Crippen LogP contribution in [-0.2, 0) is 0 Å². The third-order valence-electron chi connectivity index (χ3n) is 4.08. The molecule has 1 heterocycles. The Morgan fingerprint density at radius 3 is 2.70 bits per heavy atom. The van der Waals surface area contributed by atoms with Crippen molar-refractivity contribution in [3.8, 4) is 11.5 Å². The molecule has 1 unspecified atom stereocenters. The second-order valence-corrected chi connectivity index (χ2v) is 5.81. The number of rotatable bonds is 4. The van der Waals surface area contributed by atoms with Crippen molar-refractivity contribution in [1.29, 1.82) is 0 Å². The molecule has 2 N–H and O–H groups in total. The number of benzene rings is 1. The quantitative estimate of drug-likeness (QED) is 0.861. The Morgan fingerprint density at radius 2 is 2.09 bits per heavy atom. The first-order valence-corrected chi connectivity index (χ1v) is 7.79. The van der Waals surface area contributed by atoms with Crippen LogP contribution in [0.15, 0.2) is 47.1 Å². The van der Waals surface area contributed by atoms with Crippen LogP contribution in [-0.4, -0.2) is 36.1 Å². The van der Waals surface area contributed by atoms with Crippen molar-refractivity contribution >= 4 is 23.0 Å². The Balaban J connectivity index is 1.91. The predicted molar refractivity (Wildman–Crippen MR) is 95.0 cm³/mol. The van der Waals surface area contributed by atoms with E-state index in [2.05, 4.69) is 23.3 Å². The van der Waals surface area contributed by atoms with Gasteiger partial charge in [-0.1, -0.05) is 18.2 Å². The van der Waals surface area contributed by atoms with Gasteiger partial charge in [0, 0.05) is 12.0 Å². The molecule has 1 aliphatic heterocycles. The van der Waals surface area contributed by atoms with Gasteiger partial charge in [-0.15, -0.1) is 0 Å². The highest BCUT2D eigenvalue weighted by atomic mass is 32.1. The number of nitrogens with zero attached hydrogens (tertiary/aromatic N) is 2. The van der Waals surface area contributed by atoms with Crippen molar-refractivity contribution in [2.75, 3.05) is 14.2 Å². The molecule has 120 valence electrons. The first-order chi connectivity index (χ1) is 11.1. The molecule has 1 atom stereocenters. The maximum absolute atomic E-state index is 5.86. The van der Waals surface area contributed by atoms with Gasteiger partial charge in [0.05, 0.1) is 26.0 Å². The fourth-order valence-electron chi connectivity index (χ4n) is 2.90. The molecule has 0 fully saturated rings. The molecule has 1 aliphatic carbocycles. The minimum atomic E-state index is 0.0885. The van der Waals surface area contributed by atoms with Crippen molar-refractivity contribution in [2.24, 2.45) is 10.8 Å². The zero-order chi connectivity index (χ0) is 16.4. The van der Waals surface area contributed by atoms with E-state index in [1.54, 1.807) is 19.2 Å². The third kappa shape index (κ3) is 2.94. The summed E-state index contributed by atoms with van der Waals surface area (Å²) in [6.07, 6.45) is 7.98. The first kappa shape index (κ1) is 15.6. The second kappa shape index (κ2) is 6.42. The fraction of sp³-hybridized carbons (Fsp3) is 0.294. The number of methoxy groups -OCH3 is 2. The second-order valence-electron chi connectivity index (χ2n) is 5.39. The summed E-state index contributed by atoms with van der Waals surface area (Å²) in [5.41, 5.74) is 9.06. The molecule has 2 aliphatic rings. The van der Waals surface area contributed by atoms with Crippen molar-refractivity contribution in [1.82, 2.24) is 5.01 Å². The SMILES string of the molecule is COc1ccc(C2=NN(C(N)=S)C(C3=CC=CC3)C2)cc1OC. The van der Waals surface area contributed by atoms with Gasteiger partial charge in [-0.2, -0.15) is 5.10 Å². The molecule has 0 saturated heterocycles. The molecule has 23 heavy (non-hydrogen) atoms. The molecular weight excluding hydrogens is 310 g/mol. The molecule has 0 bridgehead atoms. The Hall–Kier alpha value is -2.34. The Labute approximate surface area is 141 Å². The number of allylic oxidation sites excluding steroid dienone is 3. The molecule has 0 aromatic heterocycles. The van der Waals surface area contributed by atoms with E-state index in [-0.39, 0.29) is 6.04 Å². The summed E-state index contributed by atoms with van der Waals surface area (Å²) in [6, 6.07) is 5.87. The minimum Gasteiger partial charge on any atom is -0.493 e. The number of thiocarbonyl (C=S) groups is 1. The first-order valence-electron chi connectivity index (χ1n) is 7.38. The zero-order valence-corrected chi connectivity index (χ0v) is 14.0. The fourth-order valence-corrected chi connectivity index (χ4v) is 3.07. The summed E-state index contributed by atoms with van der Waals surface area (Å²) in [5, 5.41) is 6.66. The Bertz CT molecular complexity index is 725. The predicted octanol–water partition coefficient (Wildman–Crippen LogP) is 2.61. The van der Waals surface area contributed by atoms with Gasteiger partial charge in [0.15, 0.2) is 16.6 Å². The van der Waals surface area contributed by atoms with Gasteiger partial charge in [0.1, 0.15) is 0 Å².